The van der Waals surface area contributed by atoms with Crippen molar-refractivity contribution in [1.29, 1.82) is 0 Å². The van der Waals surface area contributed by atoms with Crippen molar-refractivity contribution >= 4 is 52.4 Å². The molecule has 2 amide bonds. The van der Waals surface area contributed by atoms with E-state index in [1.807, 2.05) is 21.5 Å². The summed E-state index contributed by atoms with van der Waals surface area (Å²) in [5.74, 6) is -0.820. The molecule has 0 unspecified atom stereocenters. The quantitative estimate of drug-likeness (QED) is 0.0817. The van der Waals surface area contributed by atoms with Crippen LogP contribution in [0.5, 0.6) is 0 Å². The molecule has 8 nitrogen and oxygen atoms in total. The number of carbonyl (C=O) groups is 2. The molecule has 0 aliphatic rings. The van der Waals surface area contributed by atoms with Crippen LogP contribution in [-0.2, 0) is 31.9 Å². The molecule has 0 bridgehead atoms. The number of hydrogen-bond acceptors (Lipinski definition) is 4. The molecule has 0 spiro atoms. The maximum atomic E-state index is 11.1. The van der Waals surface area contributed by atoms with Gasteiger partial charge in [-0.25, -0.2) is 0 Å². The molecule has 47 heavy (non-hydrogen) atoms. The van der Waals surface area contributed by atoms with Crippen molar-refractivity contribution in [3.8, 4) is 0 Å². The van der Waals surface area contributed by atoms with Gasteiger partial charge in [-0.3, -0.25) is 9.59 Å². The Kier molecular flexibility index (Phi) is 30.1. The van der Waals surface area contributed by atoms with Crippen molar-refractivity contribution in [2.75, 3.05) is 13.2 Å². The predicted octanol–water partition coefficient (Wildman–Crippen LogP) is 9.13. The number of amides is 2. The number of nitrogens with two attached hydrogens (primary N) is 2. The average Bonchev–Trinajstić information content (AvgIpc) is 3.02. The fourth-order valence-corrected chi connectivity index (χ4v) is 4.51. The van der Waals surface area contributed by atoms with E-state index < -0.39 is 20.8 Å². The van der Waals surface area contributed by atoms with Crippen LogP contribution >= 0.6 is 40.6 Å². The average molecular weight is 788 g/mol. The summed E-state index contributed by atoms with van der Waals surface area (Å²) >= 11 is 0. The van der Waals surface area contributed by atoms with Gasteiger partial charge in [-0.05, 0) is 25.0 Å². The zero-order valence-electron chi connectivity index (χ0n) is 28.3. The molecule has 2 heterocycles. The zero-order valence-corrected chi connectivity index (χ0v) is 32.4. The second-order valence-electron chi connectivity index (χ2n) is 11.3. The van der Waals surface area contributed by atoms with Crippen LogP contribution in [0.25, 0.3) is 0 Å². The van der Waals surface area contributed by atoms with E-state index in [1.54, 1.807) is 36.7 Å². The Hall–Kier alpha value is -1.17. The van der Waals surface area contributed by atoms with Crippen LogP contribution in [0.15, 0.2) is 49.1 Å². The van der Waals surface area contributed by atoms with E-state index in [9.17, 15) is 9.59 Å². The predicted molar refractivity (Wildman–Crippen MR) is 191 cm³/mol. The zero-order chi connectivity index (χ0) is 35.2. The summed E-state index contributed by atoms with van der Waals surface area (Å²) in [5, 5.41) is 0. The number of nitrogens with zero attached hydrogens (tertiary/aromatic N) is 2. The summed E-state index contributed by atoms with van der Waals surface area (Å²) < 4.78 is 14.9. The monoisotopic (exact) mass is 785 g/mol. The molecular weight excluding hydrogens is 729 g/mol. The number of pyridine rings is 2. The molecule has 0 aliphatic heterocycles. The first-order valence-corrected chi connectivity index (χ1v) is 22.4. The molecule has 0 aromatic carbocycles. The molecule has 2 rings (SSSR count). The number of halogens is 4. The van der Waals surface area contributed by atoms with Gasteiger partial charge in [0.05, 0.1) is 13.2 Å². The summed E-state index contributed by atoms with van der Waals surface area (Å²) in [6.45, 7) is 6.96. The Labute approximate surface area is 302 Å². The summed E-state index contributed by atoms with van der Waals surface area (Å²) in [4.78, 5) is 22.1. The molecule has 0 saturated heterocycles. The molecule has 0 radical (unpaired) electrons. The van der Waals surface area contributed by atoms with Gasteiger partial charge in [-0.15, -0.1) is 0 Å². The van der Waals surface area contributed by atoms with E-state index >= 15 is 0 Å². The van der Waals surface area contributed by atoms with Gasteiger partial charge in [-0.2, -0.15) is 9.13 Å². The van der Waals surface area contributed by atoms with E-state index in [1.165, 1.54) is 89.9 Å². The standard InChI is InChI=1S/2C17H28N2O2.4ClH.Co/c2*1-2-3-4-5-6-7-8-9-13-21-15-19-12-10-11-16(14-19)17(18)20;;;;;/h2*10-12,14H,2-9,13,15H2,1H3,(H-,18,20);4*1H;/q;;;;;;+2/p-2. The van der Waals surface area contributed by atoms with Gasteiger partial charge < -0.3 is 20.9 Å². The van der Waals surface area contributed by atoms with E-state index in [-0.39, 0.29) is 0 Å². The molecule has 2 aromatic heterocycles. The van der Waals surface area contributed by atoms with Crippen molar-refractivity contribution in [2.24, 2.45) is 11.5 Å². The van der Waals surface area contributed by atoms with Crippen LogP contribution in [0.1, 0.15) is 137 Å². The third kappa shape index (κ3) is 31.8. The fraction of sp³-hybridized carbons (Fsp3) is 0.647. The van der Waals surface area contributed by atoms with Crippen molar-refractivity contribution in [2.45, 2.75) is 130 Å². The molecule has 0 aliphatic carbocycles. The van der Waals surface area contributed by atoms with Crippen molar-refractivity contribution < 1.29 is 37.2 Å². The van der Waals surface area contributed by atoms with E-state index in [4.69, 9.17) is 61.5 Å². The summed E-state index contributed by atoms with van der Waals surface area (Å²) in [6.07, 6.45) is 28.0. The number of primary amides is 2. The first kappa shape index (κ1) is 45.8. The van der Waals surface area contributed by atoms with Crippen LogP contribution in [0, 0.1) is 0 Å². The number of carbonyl (C=O) groups excluding carboxylic acids is 2. The van der Waals surface area contributed by atoms with E-state index in [2.05, 4.69) is 13.8 Å². The first-order chi connectivity index (χ1) is 22.5. The second kappa shape index (κ2) is 30.9. The molecule has 2 aromatic rings. The third-order valence-corrected chi connectivity index (χ3v) is 7.05. The van der Waals surface area contributed by atoms with Crippen molar-refractivity contribution in [1.82, 2.24) is 0 Å². The van der Waals surface area contributed by atoms with Crippen LogP contribution < -0.4 is 20.6 Å². The molecular formula is C34H58Cl4CoN4O4. The van der Waals surface area contributed by atoms with Crippen LogP contribution in [-0.4, -0.2) is 25.0 Å². The van der Waals surface area contributed by atoms with Crippen LogP contribution in [0.4, 0.5) is 0 Å². The van der Waals surface area contributed by atoms with Crippen molar-refractivity contribution in [3.63, 3.8) is 0 Å². The van der Waals surface area contributed by atoms with E-state index in [0.717, 1.165) is 26.1 Å². The SMILES string of the molecule is CCCCCCCCCCOC[n+]1cccc(C(N)=O)c1.CCCCCCCCCCOC[n+]1cccc(C(N)=O)c1.[Cl][Co-2]([Cl])([Cl])[Cl]. The molecule has 4 N–H and O–H groups in total. The normalized spacial score (nSPS) is 11.2. The van der Waals surface area contributed by atoms with Gasteiger partial charge >= 0.3 is 49.6 Å². The number of ether oxygens (including phenoxy) is 2. The topological polar surface area (TPSA) is 112 Å². The third-order valence-electron chi connectivity index (χ3n) is 7.05. The van der Waals surface area contributed by atoms with E-state index in [0.29, 0.717) is 24.6 Å². The summed E-state index contributed by atoms with van der Waals surface area (Å²) in [5.41, 5.74) is 11.5. The molecule has 13 heteroatoms. The van der Waals surface area contributed by atoms with Gasteiger partial charge in [-0.1, -0.05) is 104 Å². The van der Waals surface area contributed by atoms with Gasteiger partial charge in [0.2, 0.25) is 0 Å². The number of hydrogen-bond donors (Lipinski definition) is 2. The van der Waals surface area contributed by atoms with Gasteiger partial charge in [0.15, 0.2) is 24.8 Å². The van der Waals surface area contributed by atoms with Gasteiger partial charge in [0.25, 0.3) is 25.3 Å². The van der Waals surface area contributed by atoms with Crippen LogP contribution in [0.2, 0.25) is 0 Å². The van der Waals surface area contributed by atoms with Crippen LogP contribution in [0.3, 0.4) is 0 Å². The van der Waals surface area contributed by atoms with Crippen molar-refractivity contribution in [3.05, 3.63) is 60.2 Å². The molecule has 0 saturated carbocycles. The Bertz CT molecular complexity index is 997. The van der Waals surface area contributed by atoms with Gasteiger partial charge in [0, 0.05) is 12.1 Å². The maximum absolute atomic E-state index is 11.1. The minimum absolute atomic E-state index is 0.410. The summed E-state index contributed by atoms with van der Waals surface area (Å²) in [7, 11) is 17.3. The number of unbranched alkanes of at least 4 members (excludes halogenated alkanes) is 14. The Morgan fingerprint density at radius 3 is 1.19 bits per heavy atom. The van der Waals surface area contributed by atoms with Gasteiger partial charge in [0.1, 0.15) is 11.1 Å². The molecule has 0 atom stereocenters. The Morgan fingerprint density at radius 2 is 0.894 bits per heavy atom. The second-order valence-corrected chi connectivity index (χ2v) is 21.6. The Balaban J connectivity index is 0.000000787. The molecule has 275 valence electrons. The fourth-order valence-electron chi connectivity index (χ4n) is 4.51. The number of rotatable bonds is 24. The Morgan fingerprint density at radius 1 is 0.596 bits per heavy atom. The minimum atomic E-state index is -2.49. The first-order valence-electron chi connectivity index (χ1n) is 16.7. The number of aromatic nitrogens is 2. The molecule has 0 fully saturated rings. The summed E-state index contributed by atoms with van der Waals surface area (Å²) in [6, 6.07) is 7.02.